The summed E-state index contributed by atoms with van der Waals surface area (Å²) < 4.78 is 0. The van der Waals surface area contributed by atoms with Gasteiger partial charge < -0.3 is 4.90 Å². The van der Waals surface area contributed by atoms with Gasteiger partial charge in [-0.25, -0.2) is 0 Å². The molecule has 0 unspecified atom stereocenters. The fourth-order valence-electron chi connectivity index (χ4n) is 1.52. The molecule has 0 spiro atoms. The second-order valence-electron chi connectivity index (χ2n) is 3.97. The molecule has 0 aliphatic carbocycles. The third-order valence-electron chi connectivity index (χ3n) is 2.06. The maximum absolute atomic E-state index is 4.44. The molecule has 0 fully saturated rings. The van der Waals surface area contributed by atoms with Gasteiger partial charge in [-0.15, -0.1) is 0 Å². The lowest BCUT2D eigenvalue weighted by Crippen LogP contribution is -2.43. The Hall–Kier alpha value is -0.530. The Morgan fingerprint density at radius 2 is 2.09 bits per heavy atom. The van der Waals surface area contributed by atoms with Gasteiger partial charge in [0, 0.05) is 18.5 Å². The van der Waals surface area contributed by atoms with E-state index in [-0.39, 0.29) is 5.54 Å². The van der Waals surface area contributed by atoms with E-state index < -0.39 is 0 Å². The molecular weight excluding hydrogens is 136 g/mol. The molecule has 0 aromatic rings. The standard InChI is InChI=1S/C9H18N2/c1-5-8-10-6-7-11(8)9(2,3)4/h5-7H2,1-4H3. The minimum atomic E-state index is 0.255. The van der Waals surface area contributed by atoms with E-state index in [0.29, 0.717) is 0 Å². The Kier molecular flexibility index (Phi) is 2.21. The van der Waals surface area contributed by atoms with Crippen LogP contribution in [0.5, 0.6) is 0 Å². The maximum Gasteiger partial charge on any atom is 0.0991 e. The first-order valence-electron chi connectivity index (χ1n) is 4.36. The van der Waals surface area contributed by atoms with Gasteiger partial charge in [0.05, 0.1) is 12.4 Å². The van der Waals surface area contributed by atoms with E-state index in [1.807, 2.05) is 0 Å². The van der Waals surface area contributed by atoms with Gasteiger partial charge in [0.2, 0.25) is 0 Å². The lowest BCUT2D eigenvalue weighted by atomic mass is 10.1. The molecule has 0 atom stereocenters. The van der Waals surface area contributed by atoms with Crippen LogP contribution >= 0.6 is 0 Å². The van der Waals surface area contributed by atoms with E-state index >= 15 is 0 Å². The lowest BCUT2D eigenvalue weighted by Gasteiger charge is -2.34. The number of aliphatic imine (C=N–C) groups is 1. The van der Waals surface area contributed by atoms with Gasteiger partial charge in [-0.05, 0) is 20.8 Å². The van der Waals surface area contributed by atoms with Crippen molar-refractivity contribution in [3.63, 3.8) is 0 Å². The number of hydrogen-bond donors (Lipinski definition) is 0. The summed E-state index contributed by atoms with van der Waals surface area (Å²) in [6.45, 7) is 11.0. The Morgan fingerprint density at radius 3 is 2.45 bits per heavy atom. The molecular formula is C9H18N2. The third kappa shape index (κ3) is 1.73. The first kappa shape index (κ1) is 8.57. The number of hydrogen-bond acceptors (Lipinski definition) is 2. The lowest BCUT2D eigenvalue weighted by molar-refractivity contribution is 0.254. The molecule has 11 heavy (non-hydrogen) atoms. The van der Waals surface area contributed by atoms with Crippen LogP contribution in [0.3, 0.4) is 0 Å². The van der Waals surface area contributed by atoms with Gasteiger partial charge >= 0.3 is 0 Å². The van der Waals surface area contributed by atoms with E-state index in [9.17, 15) is 0 Å². The van der Waals surface area contributed by atoms with E-state index in [0.717, 1.165) is 19.5 Å². The summed E-state index contributed by atoms with van der Waals surface area (Å²) in [5.74, 6) is 1.28. The third-order valence-corrected chi connectivity index (χ3v) is 2.06. The molecule has 1 heterocycles. The molecule has 0 bridgehead atoms. The van der Waals surface area contributed by atoms with Crippen molar-refractivity contribution in [1.29, 1.82) is 0 Å². The predicted molar refractivity (Wildman–Crippen MR) is 49.1 cm³/mol. The van der Waals surface area contributed by atoms with Crippen molar-refractivity contribution < 1.29 is 0 Å². The monoisotopic (exact) mass is 154 g/mol. The van der Waals surface area contributed by atoms with Crippen LogP contribution in [-0.4, -0.2) is 29.4 Å². The van der Waals surface area contributed by atoms with Gasteiger partial charge in [-0.2, -0.15) is 0 Å². The smallest absolute Gasteiger partial charge is 0.0991 e. The Bertz CT molecular complexity index is 165. The second-order valence-corrected chi connectivity index (χ2v) is 3.97. The summed E-state index contributed by atoms with van der Waals surface area (Å²) in [6, 6.07) is 0. The summed E-state index contributed by atoms with van der Waals surface area (Å²) >= 11 is 0. The van der Waals surface area contributed by atoms with Crippen LogP contribution in [0.4, 0.5) is 0 Å². The molecule has 0 saturated heterocycles. The average Bonchev–Trinajstić information content (AvgIpc) is 2.31. The predicted octanol–water partition coefficient (Wildman–Crippen LogP) is 1.91. The Balaban J connectivity index is 2.68. The zero-order valence-corrected chi connectivity index (χ0v) is 8.02. The highest BCUT2D eigenvalue weighted by molar-refractivity contribution is 5.84. The van der Waals surface area contributed by atoms with Crippen LogP contribution in [-0.2, 0) is 0 Å². The molecule has 1 aliphatic heterocycles. The summed E-state index contributed by atoms with van der Waals surface area (Å²) in [5.41, 5.74) is 0.255. The van der Waals surface area contributed by atoms with Crippen molar-refractivity contribution in [2.75, 3.05) is 13.1 Å². The Labute approximate surface area is 69.3 Å². The largest absolute Gasteiger partial charge is 0.354 e. The van der Waals surface area contributed by atoms with E-state index in [4.69, 9.17) is 0 Å². The van der Waals surface area contributed by atoms with E-state index in [2.05, 4.69) is 37.6 Å². The molecule has 0 N–H and O–H groups in total. The van der Waals surface area contributed by atoms with Gasteiger partial charge in [-0.1, -0.05) is 6.92 Å². The molecule has 0 saturated carbocycles. The zero-order valence-electron chi connectivity index (χ0n) is 8.02. The average molecular weight is 154 g/mol. The van der Waals surface area contributed by atoms with Crippen molar-refractivity contribution >= 4 is 5.84 Å². The Morgan fingerprint density at radius 1 is 1.45 bits per heavy atom. The summed E-state index contributed by atoms with van der Waals surface area (Å²) in [7, 11) is 0. The van der Waals surface area contributed by atoms with Crippen molar-refractivity contribution in [1.82, 2.24) is 4.90 Å². The van der Waals surface area contributed by atoms with Crippen molar-refractivity contribution in [2.24, 2.45) is 4.99 Å². The molecule has 2 heteroatoms. The molecule has 1 aliphatic rings. The highest BCUT2D eigenvalue weighted by Crippen LogP contribution is 2.18. The molecule has 64 valence electrons. The molecule has 0 aromatic carbocycles. The minimum Gasteiger partial charge on any atom is -0.354 e. The van der Waals surface area contributed by atoms with Crippen LogP contribution in [0.2, 0.25) is 0 Å². The highest BCUT2D eigenvalue weighted by Gasteiger charge is 2.25. The maximum atomic E-state index is 4.44. The van der Waals surface area contributed by atoms with Gasteiger partial charge in [0.1, 0.15) is 0 Å². The first-order valence-corrected chi connectivity index (χ1v) is 4.36. The van der Waals surface area contributed by atoms with Crippen LogP contribution < -0.4 is 0 Å². The summed E-state index contributed by atoms with van der Waals surface area (Å²) in [5, 5.41) is 0. The molecule has 1 rings (SSSR count). The van der Waals surface area contributed by atoms with Crippen LogP contribution in [0, 0.1) is 0 Å². The van der Waals surface area contributed by atoms with Gasteiger partial charge in [0.25, 0.3) is 0 Å². The SMILES string of the molecule is CCC1=NCCN1C(C)(C)C. The molecule has 0 aromatic heterocycles. The van der Waals surface area contributed by atoms with E-state index in [1.54, 1.807) is 0 Å². The summed E-state index contributed by atoms with van der Waals surface area (Å²) in [4.78, 5) is 6.84. The highest BCUT2D eigenvalue weighted by atomic mass is 15.3. The van der Waals surface area contributed by atoms with Crippen LogP contribution in [0.15, 0.2) is 4.99 Å². The van der Waals surface area contributed by atoms with Gasteiger partial charge in [0.15, 0.2) is 0 Å². The fraction of sp³-hybridized carbons (Fsp3) is 0.889. The molecule has 0 amide bonds. The molecule has 2 nitrogen and oxygen atoms in total. The topological polar surface area (TPSA) is 15.6 Å². The van der Waals surface area contributed by atoms with Crippen LogP contribution in [0.25, 0.3) is 0 Å². The zero-order chi connectivity index (χ0) is 8.48. The van der Waals surface area contributed by atoms with E-state index in [1.165, 1.54) is 5.84 Å². The normalized spacial score (nSPS) is 18.9. The molecule has 0 radical (unpaired) electrons. The fourth-order valence-corrected chi connectivity index (χ4v) is 1.52. The number of rotatable bonds is 1. The van der Waals surface area contributed by atoms with Crippen LogP contribution in [0.1, 0.15) is 34.1 Å². The van der Waals surface area contributed by atoms with Crippen molar-refractivity contribution in [2.45, 2.75) is 39.7 Å². The summed E-state index contributed by atoms with van der Waals surface area (Å²) in [6.07, 6.45) is 1.07. The minimum absolute atomic E-state index is 0.255. The quantitative estimate of drug-likeness (QED) is 0.563. The number of nitrogens with zero attached hydrogens (tertiary/aromatic N) is 2. The van der Waals surface area contributed by atoms with Crippen molar-refractivity contribution in [3.8, 4) is 0 Å². The second kappa shape index (κ2) is 2.84. The van der Waals surface area contributed by atoms with Crippen molar-refractivity contribution in [3.05, 3.63) is 0 Å². The van der Waals surface area contributed by atoms with Gasteiger partial charge in [-0.3, -0.25) is 4.99 Å². The first-order chi connectivity index (χ1) is 5.05. The number of amidine groups is 1.